The van der Waals surface area contributed by atoms with Crippen LogP contribution in [0.2, 0.25) is 0 Å². The van der Waals surface area contributed by atoms with Crippen LogP contribution in [-0.4, -0.2) is 60.4 Å². The van der Waals surface area contributed by atoms with Crippen molar-refractivity contribution < 1.29 is 9.59 Å². The molecule has 2 aromatic carbocycles. The second kappa shape index (κ2) is 12.4. The van der Waals surface area contributed by atoms with Crippen molar-refractivity contribution in [3.05, 3.63) is 71.4 Å². The number of nitrogens with zero attached hydrogens (tertiary/aromatic N) is 2. The van der Waals surface area contributed by atoms with Gasteiger partial charge in [0.25, 0.3) is 5.91 Å². The fourth-order valence-electron chi connectivity index (χ4n) is 3.91. The quantitative estimate of drug-likeness (QED) is 0.198. The monoisotopic (exact) mass is 574 g/mol. The molecule has 1 aromatic heterocycles. The van der Waals surface area contributed by atoms with E-state index in [4.69, 9.17) is 0 Å². The number of carbonyl (C=O) groups excluding carboxylic acids is 2. The topological polar surface area (TPSA) is 102 Å². The van der Waals surface area contributed by atoms with E-state index in [1.165, 1.54) is 10.9 Å². The van der Waals surface area contributed by atoms with Gasteiger partial charge in [-0.2, -0.15) is 0 Å². The second-order valence-electron chi connectivity index (χ2n) is 8.01. The first-order chi connectivity index (χ1) is 16.1. The van der Waals surface area contributed by atoms with E-state index in [1.807, 2.05) is 25.1 Å². The first-order valence-corrected chi connectivity index (χ1v) is 11.4. The molecular weight excluding hydrogens is 543 g/mol. The Morgan fingerprint density at radius 2 is 1.91 bits per heavy atom. The predicted molar refractivity (Wildman–Crippen MR) is 146 cm³/mol. The molecule has 0 spiro atoms. The Morgan fingerprint density at radius 1 is 1.12 bits per heavy atom. The molecule has 4 rings (SSSR count). The largest absolute Gasteiger partial charge is 0.361 e. The Labute approximate surface area is 216 Å². The third-order valence-electron chi connectivity index (χ3n) is 5.65. The van der Waals surface area contributed by atoms with Gasteiger partial charge in [-0.05, 0) is 42.7 Å². The minimum absolute atomic E-state index is 0. The van der Waals surface area contributed by atoms with E-state index in [1.54, 1.807) is 17.0 Å². The zero-order valence-corrected chi connectivity index (χ0v) is 21.6. The van der Waals surface area contributed by atoms with Crippen LogP contribution in [0.1, 0.15) is 28.4 Å². The molecule has 2 heterocycles. The van der Waals surface area contributed by atoms with Gasteiger partial charge in [0.2, 0.25) is 5.91 Å². The summed E-state index contributed by atoms with van der Waals surface area (Å²) in [7, 11) is 0. The van der Waals surface area contributed by atoms with Gasteiger partial charge in [-0.15, -0.1) is 24.0 Å². The normalized spacial score (nSPS) is 13.9. The molecule has 0 bridgehead atoms. The zero-order chi connectivity index (χ0) is 23.0. The lowest BCUT2D eigenvalue weighted by molar-refractivity contribution is -0.123. The standard InChI is InChI=1S/C25H30N6O2.HI/c1-2-26-25(28-12-11-20-16-29-22-6-4-3-5-21(20)22)30-15-18-7-9-19(10-8-18)24(33)31-14-13-27-23(32)17-31;/h3-10,16,29H,2,11-15,17H2,1H3,(H,27,32)(H2,26,28,30);1H. The van der Waals surface area contributed by atoms with Crippen LogP contribution in [0.25, 0.3) is 10.9 Å². The van der Waals surface area contributed by atoms with Gasteiger partial charge >= 0.3 is 0 Å². The molecule has 34 heavy (non-hydrogen) atoms. The van der Waals surface area contributed by atoms with Crippen LogP contribution in [0.4, 0.5) is 0 Å². The summed E-state index contributed by atoms with van der Waals surface area (Å²) in [4.78, 5) is 33.7. The maximum atomic E-state index is 12.6. The highest BCUT2D eigenvalue weighted by molar-refractivity contribution is 14.0. The van der Waals surface area contributed by atoms with Crippen LogP contribution in [0.15, 0.2) is 59.7 Å². The van der Waals surface area contributed by atoms with Crippen LogP contribution in [0.5, 0.6) is 0 Å². The van der Waals surface area contributed by atoms with Gasteiger partial charge in [-0.3, -0.25) is 9.59 Å². The van der Waals surface area contributed by atoms with E-state index in [0.717, 1.165) is 36.6 Å². The molecule has 0 unspecified atom stereocenters. The van der Waals surface area contributed by atoms with Gasteiger partial charge in [0.15, 0.2) is 5.96 Å². The molecule has 4 N–H and O–H groups in total. The van der Waals surface area contributed by atoms with E-state index in [-0.39, 0.29) is 42.3 Å². The van der Waals surface area contributed by atoms with E-state index >= 15 is 0 Å². The third kappa shape index (κ3) is 6.49. The van der Waals surface area contributed by atoms with Crippen molar-refractivity contribution in [2.24, 2.45) is 4.99 Å². The van der Waals surface area contributed by atoms with Crippen molar-refractivity contribution in [2.45, 2.75) is 19.9 Å². The van der Waals surface area contributed by atoms with E-state index < -0.39 is 0 Å². The van der Waals surface area contributed by atoms with E-state index in [2.05, 4.69) is 50.3 Å². The number of fused-ring (bicyclic) bond motifs is 1. The van der Waals surface area contributed by atoms with Gasteiger partial charge in [0.1, 0.15) is 0 Å². The molecule has 1 aliphatic heterocycles. The Balaban J connectivity index is 0.00000324. The molecule has 0 atom stereocenters. The number of hydrogen-bond donors (Lipinski definition) is 4. The minimum atomic E-state index is -0.118. The van der Waals surface area contributed by atoms with Gasteiger partial charge < -0.3 is 25.8 Å². The summed E-state index contributed by atoms with van der Waals surface area (Å²) in [6, 6.07) is 15.7. The highest BCUT2D eigenvalue weighted by atomic mass is 127. The number of aliphatic imine (C=N–C) groups is 1. The molecule has 180 valence electrons. The number of carbonyl (C=O) groups is 2. The molecule has 0 radical (unpaired) electrons. The third-order valence-corrected chi connectivity index (χ3v) is 5.65. The molecule has 1 aliphatic rings. The van der Waals surface area contributed by atoms with Crippen molar-refractivity contribution in [3.8, 4) is 0 Å². The predicted octanol–water partition coefficient (Wildman–Crippen LogP) is 2.66. The smallest absolute Gasteiger partial charge is 0.254 e. The lowest BCUT2D eigenvalue weighted by Gasteiger charge is -2.26. The lowest BCUT2D eigenvalue weighted by atomic mass is 10.1. The van der Waals surface area contributed by atoms with Crippen LogP contribution in [-0.2, 0) is 17.8 Å². The highest BCUT2D eigenvalue weighted by Gasteiger charge is 2.22. The molecule has 8 nitrogen and oxygen atoms in total. The number of benzene rings is 2. The number of H-pyrrole nitrogens is 1. The Hall–Kier alpha value is -3.08. The van der Waals surface area contributed by atoms with Crippen LogP contribution in [0.3, 0.4) is 0 Å². The van der Waals surface area contributed by atoms with Gasteiger partial charge in [0.05, 0.1) is 13.1 Å². The summed E-state index contributed by atoms with van der Waals surface area (Å²) in [5, 5.41) is 10.7. The van der Waals surface area contributed by atoms with Crippen molar-refractivity contribution in [1.29, 1.82) is 0 Å². The number of nitrogens with one attached hydrogen (secondary N) is 4. The number of amides is 2. The fourth-order valence-corrected chi connectivity index (χ4v) is 3.91. The average molecular weight is 574 g/mol. The number of aromatic amines is 1. The van der Waals surface area contributed by atoms with Crippen LogP contribution >= 0.6 is 24.0 Å². The average Bonchev–Trinajstić information content (AvgIpc) is 3.25. The van der Waals surface area contributed by atoms with Crippen molar-refractivity contribution in [1.82, 2.24) is 25.8 Å². The molecular formula is C25H31IN6O2. The summed E-state index contributed by atoms with van der Waals surface area (Å²) < 4.78 is 0. The summed E-state index contributed by atoms with van der Waals surface area (Å²) in [5.41, 5.74) is 4.02. The molecule has 1 fully saturated rings. The Morgan fingerprint density at radius 3 is 2.68 bits per heavy atom. The Bertz CT molecular complexity index is 1140. The molecule has 1 saturated heterocycles. The number of hydrogen-bond acceptors (Lipinski definition) is 3. The van der Waals surface area contributed by atoms with Crippen molar-refractivity contribution in [2.75, 3.05) is 32.7 Å². The Kier molecular flexibility index (Phi) is 9.32. The van der Waals surface area contributed by atoms with Gasteiger partial charge in [0, 0.05) is 48.8 Å². The number of halogens is 1. The lowest BCUT2D eigenvalue weighted by Crippen LogP contribution is -2.49. The van der Waals surface area contributed by atoms with Crippen LogP contribution < -0.4 is 16.0 Å². The van der Waals surface area contributed by atoms with Crippen LogP contribution in [0, 0.1) is 0 Å². The molecule has 0 aliphatic carbocycles. The number of piperazine rings is 1. The molecule has 9 heteroatoms. The zero-order valence-electron chi connectivity index (χ0n) is 19.3. The first kappa shape index (κ1) is 25.5. The van der Waals surface area contributed by atoms with E-state index in [0.29, 0.717) is 25.2 Å². The number of aromatic nitrogens is 1. The summed E-state index contributed by atoms with van der Waals surface area (Å²) >= 11 is 0. The number of para-hydroxylation sites is 1. The maximum absolute atomic E-state index is 12.6. The summed E-state index contributed by atoms with van der Waals surface area (Å²) in [6.07, 6.45) is 2.95. The number of rotatable bonds is 7. The van der Waals surface area contributed by atoms with Gasteiger partial charge in [-0.1, -0.05) is 30.3 Å². The molecule has 2 amide bonds. The van der Waals surface area contributed by atoms with Crippen molar-refractivity contribution in [3.63, 3.8) is 0 Å². The first-order valence-electron chi connectivity index (χ1n) is 11.4. The van der Waals surface area contributed by atoms with E-state index in [9.17, 15) is 9.59 Å². The summed E-state index contributed by atoms with van der Waals surface area (Å²) in [6.45, 7) is 5.23. The highest BCUT2D eigenvalue weighted by Crippen LogP contribution is 2.17. The van der Waals surface area contributed by atoms with Crippen molar-refractivity contribution >= 4 is 52.7 Å². The van der Waals surface area contributed by atoms with Gasteiger partial charge in [-0.25, -0.2) is 4.99 Å². The maximum Gasteiger partial charge on any atom is 0.254 e. The SMILES string of the molecule is CCNC(=NCc1ccc(C(=O)N2CCNC(=O)C2)cc1)NCCc1c[nH]c2ccccc12.I. The second-order valence-corrected chi connectivity index (χ2v) is 8.01. The molecule has 0 saturated carbocycles. The minimum Gasteiger partial charge on any atom is -0.361 e. The summed E-state index contributed by atoms with van der Waals surface area (Å²) in [5.74, 6) is 0.526. The number of guanidine groups is 1. The molecule has 3 aromatic rings. The fraction of sp³-hybridized carbons (Fsp3) is 0.320.